The molecule has 1 aromatic rings. The molecule has 2 fully saturated rings. The van der Waals surface area contributed by atoms with Crippen molar-refractivity contribution in [3.05, 3.63) is 29.8 Å². The lowest BCUT2D eigenvalue weighted by Gasteiger charge is -2.26. The van der Waals surface area contributed by atoms with E-state index in [-0.39, 0.29) is 12.0 Å². The summed E-state index contributed by atoms with van der Waals surface area (Å²) in [6.45, 7) is 6.63. The maximum Gasteiger partial charge on any atom is 0.251 e. The lowest BCUT2D eigenvalue weighted by molar-refractivity contribution is 0.0374. The van der Waals surface area contributed by atoms with Crippen molar-refractivity contribution in [1.82, 2.24) is 10.2 Å². The number of morpholine rings is 1. The van der Waals surface area contributed by atoms with Gasteiger partial charge in [-0.3, -0.25) is 9.69 Å². The summed E-state index contributed by atoms with van der Waals surface area (Å²) < 4.78 is 16.6. The third kappa shape index (κ3) is 5.99. The predicted octanol–water partition coefficient (Wildman–Crippen LogP) is 1.70. The van der Waals surface area contributed by atoms with Crippen LogP contribution in [-0.4, -0.2) is 69.5 Å². The number of amides is 1. The Kier molecular flexibility index (Phi) is 7.09. The second-order valence-electron chi connectivity index (χ2n) is 6.54. The standard InChI is InChI=1S/C19H28N2O4/c22-19(20-7-3-8-21-9-12-23-13-10-21)16-4-1-5-17(14-16)25-15-18-6-2-11-24-18/h1,4-5,14,18H,2-3,6-13,15H2,(H,20,22). The van der Waals surface area contributed by atoms with Crippen LogP contribution in [0.4, 0.5) is 0 Å². The first-order valence-corrected chi connectivity index (χ1v) is 9.24. The smallest absolute Gasteiger partial charge is 0.251 e. The Hall–Kier alpha value is -1.63. The van der Waals surface area contributed by atoms with Crippen LogP contribution in [0, 0.1) is 0 Å². The first-order valence-electron chi connectivity index (χ1n) is 9.24. The highest BCUT2D eigenvalue weighted by Crippen LogP contribution is 2.17. The number of rotatable bonds is 8. The zero-order valence-electron chi connectivity index (χ0n) is 14.7. The molecule has 25 heavy (non-hydrogen) atoms. The molecule has 0 aliphatic carbocycles. The molecule has 1 aromatic carbocycles. The van der Waals surface area contributed by atoms with Gasteiger partial charge in [0.05, 0.1) is 19.3 Å². The molecule has 2 aliphatic rings. The van der Waals surface area contributed by atoms with E-state index in [1.54, 1.807) is 6.07 Å². The Morgan fingerprint density at radius 2 is 2.16 bits per heavy atom. The average Bonchev–Trinajstić information content (AvgIpc) is 3.18. The molecule has 6 nitrogen and oxygen atoms in total. The van der Waals surface area contributed by atoms with E-state index in [1.807, 2.05) is 18.2 Å². The summed E-state index contributed by atoms with van der Waals surface area (Å²) in [6.07, 6.45) is 3.27. The summed E-state index contributed by atoms with van der Waals surface area (Å²) in [5.41, 5.74) is 0.635. The molecule has 3 rings (SSSR count). The number of benzene rings is 1. The monoisotopic (exact) mass is 348 g/mol. The predicted molar refractivity (Wildman–Crippen MR) is 95.1 cm³/mol. The fourth-order valence-electron chi connectivity index (χ4n) is 3.12. The zero-order chi connectivity index (χ0) is 17.3. The normalized spacial score (nSPS) is 21.2. The highest BCUT2D eigenvalue weighted by molar-refractivity contribution is 5.94. The second kappa shape index (κ2) is 9.75. The lowest BCUT2D eigenvalue weighted by Crippen LogP contribution is -2.38. The van der Waals surface area contributed by atoms with Crippen molar-refractivity contribution in [2.24, 2.45) is 0 Å². The van der Waals surface area contributed by atoms with Gasteiger partial charge in [-0.1, -0.05) is 6.07 Å². The van der Waals surface area contributed by atoms with E-state index in [0.717, 1.165) is 64.5 Å². The van der Waals surface area contributed by atoms with Crippen molar-refractivity contribution >= 4 is 5.91 Å². The van der Waals surface area contributed by atoms with E-state index in [2.05, 4.69) is 10.2 Å². The van der Waals surface area contributed by atoms with E-state index in [0.29, 0.717) is 18.7 Å². The molecule has 2 saturated heterocycles. The molecule has 138 valence electrons. The van der Waals surface area contributed by atoms with Crippen molar-refractivity contribution in [3.63, 3.8) is 0 Å². The molecule has 0 aromatic heterocycles. The van der Waals surface area contributed by atoms with Crippen LogP contribution >= 0.6 is 0 Å². The molecule has 1 N–H and O–H groups in total. The Morgan fingerprint density at radius 1 is 1.28 bits per heavy atom. The van der Waals surface area contributed by atoms with E-state index in [9.17, 15) is 4.79 Å². The zero-order valence-corrected chi connectivity index (χ0v) is 14.7. The fourth-order valence-corrected chi connectivity index (χ4v) is 3.12. The fraction of sp³-hybridized carbons (Fsp3) is 0.632. The van der Waals surface area contributed by atoms with E-state index in [1.165, 1.54) is 0 Å². The first kappa shape index (κ1) is 18.2. The molecule has 0 radical (unpaired) electrons. The lowest BCUT2D eigenvalue weighted by atomic mass is 10.2. The van der Waals surface area contributed by atoms with Gasteiger partial charge in [-0.05, 0) is 44.0 Å². The van der Waals surface area contributed by atoms with Gasteiger partial charge in [-0.25, -0.2) is 0 Å². The molecule has 6 heteroatoms. The van der Waals surface area contributed by atoms with Gasteiger partial charge in [0.15, 0.2) is 0 Å². The Labute approximate surface area is 149 Å². The van der Waals surface area contributed by atoms with E-state index in [4.69, 9.17) is 14.2 Å². The Morgan fingerprint density at radius 3 is 2.96 bits per heavy atom. The highest BCUT2D eigenvalue weighted by Gasteiger charge is 2.16. The Bertz CT molecular complexity index is 540. The van der Waals surface area contributed by atoms with Gasteiger partial charge in [-0.2, -0.15) is 0 Å². The van der Waals surface area contributed by atoms with Crippen LogP contribution in [0.1, 0.15) is 29.6 Å². The van der Waals surface area contributed by atoms with Crippen LogP contribution in [0.25, 0.3) is 0 Å². The van der Waals surface area contributed by atoms with Crippen molar-refractivity contribution < 1.29 is 19.0 Å². The van der Waals surface area contributed by atoms with Gasteiger partial charge in [-0.15, -0.1) is 0 Å². The number of nitrogens with zero attached hydrogens (tertiary/aromatic N) is 1. The van der Waals surface area contributed by atoms with Crippen LogP contribution < -0.4 is 10.1 Å². The summed E-state index contributed by atoms with van der Waals surface area (Å²) in [5, 5.41) is 2.99. The summed E-state index contributed by atoms with van der Waals surface area (Å²) in [5.74, 6) is 0.668. The molecular weight excluding hydrogens is 320 g/mol. The minimum Gasteiger partial charge on any atom is -0.491 e. The Balaban J connectivity index is 1.38. The minimum absolute atomic E-state index is 0.0513. The average molecular weight is 348 g/mol. The van der Waals surface area contributed by atoms with Gasteiger partial charge in [0.25, 0.3) is 5.91 Å². The third-order valence-corrected chi connectivity index (χ3v) is 4.60. The highest BCUT2D eigenvalue weighted by atomic mass is 16.5. The van der Waals surface area contributed by atoms with Gasteiger partial charge < -0.3 is 19.5 Å². The number of hydrogen-bond donors (Lipinski definition) is 1. The minimum atomic E-state index is -0.0513. The number of ether oxygens (including phenoxy) is 3. The topological polar surface area (TPSA) is 60.0 Å². The number of carbonyl (C=O) groups is 1. The van der Waals surface area contributed by atoms with Crippen LogP contribution in [-0.2, 0) is 9.47 Å². The molecule has 0 bridgehead atoms. The SMILES string of the molecule is O=C(NCCCN1CCOCC1)c1cccc(OCC2CCCO2)c1. The van der Waals surface area contributed by atoms with Gasteiger partial charge in [0.2, 0.25) is 0 Å². The summed E-state index contributed by atoms with van der Waals surface area (Å²) in [7, 11) is 0. The largest absolute Gasteiger partial charge is 0.491 e. The van der Waals surface area contributed by atoms with Crippen LogP contribution in [0.5, 0.6) is 5.75 Å². The molecule has 1 unspecified atom stereocenters. The molecule has 2 aliphatic heterocycles. The van der Waals surface area contributed by atoms with Crippen molar-refractivity contribution in [3.8, 4) is 5.75 Å². The maximum absolute atomic E-state index is 12.3. The molecule has 1 amide bonds. The maximum atomic E-state index is 12.3. The molecule has 0 spiro atoms. The molecule has 1 atom stereocenters. The molecular formula is C19H28N2O4. The molecule has 2 heterocycles. The van der Waals surface area contributed by atoms with Gasteiger partial charge in [0.1, 0.15) is 12.4 Å². The van der Waals surface area contributed by atoms with Crippen LogP contribution in [0.3, 0.4) is 0 Å². The van der Waals surface area contributed by atoms with Crippen molar-refractivity contribution in [1.29, 1.82) is 0 Å². The van der Waals surface area contributed by atoms with E-state index < -0.39 is 0 Å². The summed E-state index contributed by atoms with van der Waals surface area (Å²) in [4.78, 5) is 14.7. The van der Waals surface area contributed by atoms with E-state index >= 15 is 0 Å². The van der Waals surface area contributed by atoms with Gasteiger partial charge in [0, 0.05) is 31.8 Å². The number of nitrogens with one attached hydrogen (secondary N) is 1. The number of hydrogen-bond acceptors (Lipinski definition) is 5. The van der Waals surface area contributed by atoms with Crippen LogP contribution in [0.2, 0.25) is 0 Å². The summed E-state index contributed by atoms with van der Waals surface area (Å²) >= 11 is 0. The summed E-state index contributed by atoms with van der Waals surface area (Å²) in [6, 6.07) is 7.35. The number of carbonyl (C=O) groups excluding carboxylic acids is 1. The van der Waals surface area contributed by atoms with Crippen molar-refractivity contribution in [2.45, 2.75) is 25.4 Å². The second-order valence-corrected chi connectivity index (χ2v) is 6.54. The van der Waals surface area contributed by atoms with Crippen LogP contribution in [0.15, 0.2) is 24.3 Å². The van der Waals surface area contributed by atoms with Crippen molar-refractivity contribution in [2.75, 3.05) is 52.6 Å². The quantitative estimate of drug-likeness (QED) is 0.725. The first-order chi connectivity index (χ1) is 12.3. The van der Waals surface area contributed by atoms with Gasteiger partial charge >= 0.3 is 0 Å². The molecule has 0 saturated carbocycles. The third-order valence-electron chi connectivity index (χ3n) is 4.60.